The molecule has 0 atom stereocenters. The fourth-order valence-corrected chi connectivity index (χ4v) is 4.86. The molecular weight excluding hydrogens is 379 g/mol. The summed E-state index contributed by atoms with van der Waals surface area (Å²) in [6.07, 6.45) is 2.49. The lowest BCUT2D eigenvalue weighted by Gasteiger charge is -2.17. The second-order valence-corrected chi connectivity index (χ2v) is 9.00. The average Bonchev–Trinajstić information content (AvgIpc) is 3.25. The van der Waals surface area contributed by atoms with Gasteiger partial charge < -0.3 is 15.0 Å². The van der Waals surface area contributed by atoms with Gasteiger partial charge in [0.2, 0.25) is 15.9 Å². The van der Waals surface area contributed by atoms with Crippen molar-refractivity contribution < 1.29 is 22.9 Å². The normalized spacial score (nSPS) is 15.5. The van der Waals surface area contributed by atoms with E-state index < -0.39 is 17.1 Å². The first-order valence-corrected chi connectivity index (χ1v) is 11.0. The summed E-state index contributed by atoms with van der Waals surface area (Å²) in [5.74, 6) is -0.155. The summed E-state index contributed by atoms with van der Waals surface area (Å²) in [7, 11) is -4.27. The monoisotopic (exact) mass is 400 g/mol. The first kappa shape index (κ1) is 19.0. The molecule has 0 fully saturated rings. The molecule has 0 spiro atoms. The molecule has 0 radical (unpaired) electrons. The maximum Gasteiger partial charge on any atom is 0.492 e. The van der Waals surface area contributed by atoms with Crippen LogP contribution in [0.15, 0.2) is 36.4 Å². The van der Waals surface area contributed by atoms with Crippen LogP contribution in [0.25, 0.3) is 0 Å². The third-order valence-electron chi connectivity index (χ3n) is 5.21. The maximum atomic E-state index is 12.5. The van der Waals surface area contributed by atoms with Crippen LogP contribution in [-0.4, -0.2) is 39.3 Å². The first-order valence-electron chi connectivity index (χ1n) is 9.14. The van der Waals surface area contributed by atoms with E-state index in [0.29, 0.717) is 37.4 Å². The predicted octanol–water partition coefficient (Wildman–Crippen LogP) is 0.798. The molecule has 4 rings (SSSR count). The Morgan fingerprint density at radius 2 is 2.07 bits per heavy atom. The van der Waals surface area contributed by atoms with Crippen molar-refractivity contribution in [2.45, 2.75) is 25.9 Å². The van der Waals surface area contributed by atoms with Crippen molar-refractivity contribution in [3.05, 3.63) is 53.1 Å². The van der Waals surface area contributed by atoms with Crippen molar-refractivity contribution in [1.29, 1.82) is 0 Å². The van der Waals surface area contributed by atoms with Gasteiger partial charge in [-0.05, 0) is 41.6 Å². The SMILES string of the molecule is CS(=O)(=O)N1CCc2c(NC(=O)CCc3cccc4c3B(O)OC4)cccc21. The Bertz CT molecular complexity index is 1040. The molecule has 0 saturated heterocycles. The molecule has 1 amide bonds. The van der Waals surface area contributed by atoms with E-state index in [0.717, 1.165) is 22.2 Å². The highest BCUT2D eigenvalue weighted by molar-refractivity contribution is 7.92. The molecule has 2 N–H and O–H groups in total. The van der Waals surface area contributed by atoms with Gasteiger partial charge in [-0.15, -0.1) is 0 Å². The van der Waals surface area contributed by atoms with E-state index in [4.69, 9.17) is 4.65 Å². The van der Waals surface area contributed by atoms with Crippen LogP contribution in [0, 0.1) is 0 Å². The Labute approximate surface area is 164 Å². The molecule has 0 aliphatic carbocycles. The molecule has 2 aromatic rings. The number of hydrogen-bond donors (Lipinski definition) is 2. The third-order valence-corrected chi connectivity index (χ3v) is 6.39. The van der Waals surface area contributed by atoms with Gasteiger partial charge >= 0.3 is 7.12 Å². The number of rotatable bonds is 5. The Morgan fingerprint density at radius 3 is 2.86 bits per heavy atom. The van der Waals surface area contributed by atoms with Gasteiger partial charge in [0.1, 0.15) is 0 Å². The summed E-state index contributed by atoms with van der Waals surface area (Å²) in [6.45, 7) is 0.763. The molecular formula is C19H21BN2O5S. The molecule has 0 unspecified atom stereocenters. The maximum absolute atomic E-state index is 12.5. The number of anilines is 2. The van der Waals surface area contributed by atoms with Crippen LogP contribution >= 0.6 is 0 Å². The molecule has 146 valence electrons. The number of carbonyl (C=O) groups excluding carboxylic acids is 1. The van der Waals surface area contributed by atoms with Gasteiger partial charge in [0, 0.05) is 24.2 Å². The zero-order valence-corrected chi connectivity index (χ0v) is 16.3. The number of nitrogens with one attached hydrogen (secondary N) is 1. The standard InChI is InChI=1S/C19H21BN2O5S/c1-28(25,26)22-11-10-15-16(6-3-7-17(15)22)21-18(23)9-8-13-4-2-5-14-12-27-20(24)19(13)14/h2-7,24H,8-12H2,1H3,(H,21,23). The predicted molar refractivity (Wildman–Crippen MR) is 108 cm³/mol. The van der Waals surface area contributed by atoms with Gasteiger partial charge in [0.25, 0.3) is 0 Å². The summed E-state index contributed by atoms with van der Waals surface area (Å²) in [5, 5.41) is 12.9. The molecule has 0 saturated carbocycles. The van der Waals surface area contributed by atoms with Crippen molar-refractivity contribution in [2.75, 3.05) is 22.4 Å². The number of sulfonamides is 1. The summed E-state index contributed by atoms with van der Waals surface area (Å²) >= 11 is 0. The minimum absolute atomic E-state index is 0.155. The highest BCUT2D eigenvalue weighted by Crippen LogP contribution is 2.35. The molecule has 2 aromatic carbocycles. The van der Waals surface area contributed by atoms with E-state index in [-0.39, 0.29) is 12.3 Å². The molecule has 28 heavy (non-hydrogen) atoms. The van der Waals surface area contributed by atoms with Gasteiger partial charge in [-0.3, -0.25) is 9.10 Å². The van der Waals surface area contributed by atoms with Crippen molar-refractivity contribution in [3.8, 4) is 0 Å². The van der Waals surface area contributed by atoms with Crippen LogP contribution < -0.4 is 15.1 Å². The molecule has 0 aromatic heterocycles. The second kappa shape index (κ2) is 7.23. The lowest BCUT2D eigenvalue weighted by atomic mass is 9.75. The van der Waals surface area contributed by atoms with Gasteiger partial charge in [-0.2, -0.15) is 0 Å². The number of hydrogen-bond acceptors (Lipinski definition) is 5. The van der Waals surface area contributed by atoms with Crippen LogP contribution in [-0.2, 0) is 38.9 Å². The smallest absolute Gasteiger partial charge is 0.423 e. The largest absolute Gasteiger partial charge is 0.492 e. The van der Waals surface area contributed by atoms with Gasteiger partial charge in [0.15, 0.2) is 0 Å². The van der Waals surface area contributed by atoms with Crippen LogP contribution in [0.4, 0.5) is 11.4 Å². The minimum Gasteiger partial charge on any atom is -0.423 e. The number of nitrogens with zero attached hydrogens (tertiary/aromatic N) is 1. The quantitative estimate of drug-likeness (QED) is 0.724. The Balaban J connectivity index is 1.47. The van der Waals surface area contributed by atoms with Crippen LogP contribution in [0.3, 0.4) is 0 Å². The first-order chi connectivity index (χ1) is 13.3. The summed E-state index contributed by atoms with van der Waals surface area (Å²) in [6, 6.07) is 11.0. The highest BCUT2D eigenvalue weighted by atomic mass is 32.2. The van der Waals surface area contributed by atoms with E-state index in [1.807, 2.05) is 18.2 Å². The fraction of sp³-hybridized carbons (Fsp3) is 0.316. The minimum atomic E-state index is -3.33. The van der Waals surface area contributed by atoms with Crippen LogP contribution in [0.2, 0.25) is 0 Å². The van der Waals surface area contributed by atoms with Gasteiger partial charge in [-0.25, -0.2) is 8.42 Å². The molecule has 2 aliphatic rings. The number of amides is 1. The van der Waals surface area contributed by atoms with E-state index in [2.05, 4.69) is 5.32 Å². The zero-order chi connectivity index (χ0) is 19.9. The molecule has 0 bridgehead atoms. The molecule has 2 heterocycles. The summed E-state index contributed by atoms with van der Waals surface area (Å²) in [5.41, 5.74) is 4.73. The van der Waals surface area contributed by atoms with Crippen molar-refractivity contribution >= 4 is 39.9 Å². The summed E-state index contributed by atoms with van der Waals surface area (Å²) in [4.78, 5) is 12.5. The van der Waals surface area contributed by atoms with Crippen LogP contribution in [0.5, 0.6) is 0 Å². The zero-order valence-electron chi connectivity index (χ0n) is 15.5. The van der Waals surface area contributed by atoms with E-state index in [9.17, 15) is 18.2 Å². The van der Waals surface area contributed by atoms with E-state index in [1.165, 1.54) is 10.6 Å². The fourth-order valence-electron chi connectivity index (χ4n) is 3.91. The van der Waals surface area contributed by atoms with Crippen molar-refractivity contribution in [2.24, 2.45) is 0 Å². The molecule has 2 aliphatic heterocycles. The summed E-state index contributed by atoms with van der Waals surface area (Å²) < 4.78 is 30.5. The lowest BCUT2D eigenvalue weighted by Crippen LogP contribution is -2.31. The Hall–Kier alpha value is -2.36. The second-order valence-electron chi connectivity index (χ2n) is 7.09. The topological polar surface area (TPSA) is 95.9 Å². The number of aryl methyl sites for hydroxylation is 1. The van der Waals surface area contributed by atoms with Crippen molar-refractivity contribution in [3.63, 3.8) is 0 Å². The molecule has 9 heteroatoms. The molecule has 7 nitrogen and oxygen atoms in total. The number of benzene rings is 2. The average molecular weight is 400 g/mol. The van der Waals surface area contributed by atoms with Gasteiger partial charge in [-0.1, -0.05) is 24.3 Å². The Kier molecular flexibility index (Phi) is 4.90. The third kappa shape index (κ3) is 3.53. The highest BCUT2D eigenvalue weighted by Gasteiger charge is 2.30. The number of carbonyl (C=O) groups is 1. The van der Waals surface area contributed by atoms with Gasteiger partial charge in [0.05, 0.1) is 18.6 Å². The number of fused-ring (bicyclic) bond motifs is 2. The van der Waals surface area contributed by atoms with E-state index in [1.54, 1.807) is 18.2 Å². The van der Waals surface area contributed by atoms with Crippen molar-refractivity contribution in [1.82, 2.24) is 0 Å². The van der Waals surface area contributed by atoms with E-state index >= 15 is 0 Å². The van der Waals surface area contributed by atoms with Crippen LogP contribution in [0.1, 0.15) is 23.1 Å². The lowest BCUT2D eigenvalue weighted by molar-refractivity contribution is -0.116. The Morgan fingerprint density at radius 1 is 1.29 bits per heavy atom.